The molecule has 0 spiro atoms. The van der Waals surface area contributed by atoms with Crippen molar-refractivity contribution in [2.24, 2.45) is 0 Å². The van der Waals surface area contributed by atoms with Crippen LogP contribution in [0.25, 0.3) is 0 Å². The molecule has 0 saturated carbocycles. The summed E-state index contributed by atoms with van der Waals surface area (Å²) < 4.78 is 32.2. The van der Waals surface area contributed by atoms with E-state index < -0.39 is 41.0 Å². The predicted octanol–water partition coefficient (Wildman–Crippen LogP) is 8.00. The van der Waals surface area contributed by atoms with E-state index in [-0.39, 0.29) is 18.8 Å². The van der Waals surface area contributed by atoms with Crippen molar-refractivity contribution in [3.05, 3.63) is 162 Å². The van der Waals surface area contributed by atoms with Gasteiger partial charge < -0.3 is 28.4 Å². The van der Waals surface area contributed by atoms with Crippen molar-refractivity contribution in [2.75, 3.05) is 20.8 Å². The number of aromatic amines is 1. The lowest BCUT2D eigenvalue weighted by atomic mass is 9.80. The molecule has 1 saturated heterocycles. The molecule has 4 atom stereocenters. The summed E-state index contributed by atoms with van der Waals surface area (Å²) in [5.74, 6) is 1.62. The van der Waals surface area contributed by atoms with E-state index in [1.807, 2.05) is 78.9 Å². The third-order valence-corrected chi connectivity index (χ3v) is 13.7. The van der Waals surface area contributed by atoms with Crippen molar-refractivity contribution in [3.63, 3.8) is 0 Å². The van der Waals surface area contributed by atoms with Crippen LogP contribution >= 0.6 is 40.3 Å². The summed E-state index contributed by atoms with van der Waals surface area (Å²) in [5.41, 5.74) is -2.35. The number of aryl methyl sites for hydroxylation is 1. The van der Waals surface area contributed by atoms with Crippen molar-refractivity contribution in [3.8, 4) is 11.5 Å². The minimum absolute atomic E-state index is 0.0613. The molecule has 1 unspecified atom stereocenters. The van der Waals surface area contributed by atoms with Crippen molar-refractivity contribution < 1.29 is 28.4 Å². The first-order valence-electron chi connectivity index (χ1n) is 16.5. The van der Waals surface area contributed by atoms with Crippen LogP contribution in [0.4, 0.5) is 0 Å². The number of hydrogen-bond acceptors (Lipinski definition) is 9. The van der Waals surface area contributed by atoms with Crippen LogP contribution in [-0.2, 0) is 37.2 Å². The first kappa shape index (κ1) is 39.3. The third kappa shape index (κ3) is 8.94. The van der Waals surface area contributed by atoms with Crippen LogP contribution in [0.3, 0.4) is 0 Å². The highest BCUT2D eigenvalue weighted by molar-refractivity contribution is 8.67. The topological polar surface area (TPSA) is 121 Å². The van der Waals surface area contributed by atoms with E-state index >= 15 is 0 Å². The van der Waals surface area contributed by atoms with Crippen LogP contribution in [0.2, 0.25) is 10.0 Å². The number of halogens is 2. The van der Waals surface area contributed by atoms with Gasteiger partial charge in [-0.2, -0.15) is 0 Å². The molecular weight excluding hydrogens is 778 g/mol. The Morgan fingerprint density at radius 1 is 0.943 bits per heavy atom. The molecule has 0 aliphatic carbocycles. The van der Waals surface area contributed by atoms with Crippen LogP contribution in [0, 0.1) is 6.92 Å². The first-order chi connectivity index (χ1) is 25.4. The number of H-pyrrole nitrogens is 1. The zero-order valence-electron chi connectivity index (χ0n) is 28.9. The minimum atomic E-state index is -3.53. The highest BCUT2D eigenvalue weighted by Gasteiger charge is 2.44. The fraction of sp³-hybridized carbons (Fsp3) is 0.263. The number of nitrogens with zero attached hydrogens (tertiary/aromatic N) is 1. The van der Waals surface area contributed by atoms with E-state index in [4.69, 9.17) is 58.5 Å². The van der Waals surface area contributed by atoms with Gasteiger partial charge in [-0.25, -0.2) is 4.79 Å². The van der Waals surface area contributed by atoms with E-state index in [0.717, 1.165) is 33.6 Å². The number of methoxy groups -OCH3 is 2. The molecule has 53 heavy (non-hydrogen) atoms. The molecule has 10 nitrogen and oxygen atoms in total. The Hall–Kier alpha value is -3.42. The van der Waals surface area contributed by atoms with Gasteiger partial charge in [-0.15, -0.1) is 0 Å². The van der Waals surface area contributed by atoms with E-state index in [2.05, 4.69) is 4.98 Å². The summed E-state index contributed by atoms with van der Waals surface area (Å²) >= 11 is 19.2. The maximum absolute atomic E-state index is 13.0. The van der Waals surface area contributed by atoms with Gasteiger partial charge in [-0.05, 0) is 77.4 Å². The maximum atomic E-state index is 13.0. The minimum Gasteiger partial charge on any atom is -0.497 e. The van der Waals surface area contributed by atoms with Crippen LogP contribution in [0.15, 0.2) is 113 Å². The number of ether oxygens (including phenoxy) is 4. The number of benzene rings is 4. The molecule has 15 heteroatoms. The molecule has 1 aliphatic heterocycles. The fourth-order valence-electron chi connectivity index (χ4n) is 6.20. The average molecular weight is 816 g/mol. The maximum Gasteiger partial charge on any atom is 0.330 e. The van der Waals surface area contributed by atoms with Gasteiger partial charge in [0.25, 0.3) is 5.56 Å². The first-order valence-corrected chi connectivity index (χ1v) is 21.5. The molecule has 4 aromatic carbocycles. The molecule has 1 aliphatic rings. The Kier molecular flexibility index (Phi) is 12.6. The number of hydrogen-bond donors (Lipinski definition) is 2. The third-order valence-electron chi connectivity index (χ3n) is 8.94. The lowest BCUT2D eigenvalue weighted by Gasteiger charge is -2.37. The van der Waals surface area contributed by atoms with Crippen LogP contribution in [0.1, 0.15) is 40.5 Å². The van der Waals surface area contributed by atoms with Crippen molar-refractivity contribution in [1.29, 1.82) is 0 Å². The summed E-state index contributed by atoms with van der Waals surface area (Å²) in [4.78, 5) is 39.1. The van der Waals surface area contributed by atoms with Gasteiger partial charge in [-0.1, -0.05) is 95.2 Å². The molecule has 0 bridgehead atoms. The van der Waals surface area contributed by atoms with Crippen LogP contribution < -0.4 is 20.7 Å². The van der Waals surface area contributed by atoms with E-state index in [0.29, 0.717) is 27.1 Å². The van der Waals surface area contributed by atoms with Gasteiger partial charge in [0.1, 0.15) is 29.4 Å². The Labute approximate surface area is 325 Å². The molecular formula is C38H37Cl2N2O8PS2. The van der Waals surface area contributed by atoms with Gasteiger partial charge in [0, 0.05) is 34.0 Å². The molecule has 0 radical (unpaired) electrons. The van der Waals surface area contributed by atoms with E-state index in [9.17, 15) is 14.5 Å². The van der Waals surface area contributed by atoms with E-state index in [1.165, 1.54) is 10.8 Å². The smallest absolute Gasteiger partial charge is 0.330 e. The second-order valence-corrected chi connectivity index (χ2v) is 19.3. The highest BCUT2D eigenvalue weighted by Crippen LogP contribution is 2.60. The quantitative estimate of drug-likeness (QED) is 0.0843. The summed E-state index contributed by atoms with van der Waals surface area (Å²) in [6.07, 6.45) is -0.933. The molecule has 0 amide bonds. The van der Waals surface area contributed by atoms with Gasteiger partial charge in [0.15, 0.2) is 0 Å². The average Bonchev–Trinajstić information content (AvgIpc) is 3.55. The number of aromatic nitrogens is 2. The number of nitrogens with one attached hydrogen (secondary N) is 1. The highest BCUT2D eigenvalue weighted by atomic mass is 35.5. The second kappa shape index (κ2) is 16.9. The van der Waals surface area contributed by atoms with Crippen molar-refractivity contribution >= 4 is 52.1 Å². The standard InChI is InChI=1S/C38H37Cl2N2O8PS2/c1-24-21-42(37(44)41-36(24)43)35-20-33(50-51(45,52)53-23-25-9-14-29(39)19-32(25)40)34(49-35)22-48-38(26-7-5-4-6-8-26,27-10-15-30(46-2)16-11-27)28-12-17-31(47-3)18-13-28/h4-19,21,33-35H,20,22-23H2,1-3H3,(H,45,52)(H,41,43,44)/t33-,34+,35+,51?/m0/s1. The molecule has 1 aromatic heterocycles. The second-order valence-electron chi connectivity index (χ2n) is 12.3. The van der Waals surface area contributed by atoms with E-state index in [1.54, 1.807) is 39.3 Å². The van der Waals surface area contributed by atoms with Gasteiger partial charge in [-0.3, -0.25) is 14.3 Å². The van der Waals surface area contributed by atoms with Gasteiger partial charge >= 0.3 is 5.69 Å². The molecule has 5 aromatic rings. The lowest BCUT2D eigenvalue weighted by Crippen LogP contribution is -2.38. The van der Waals surface area contributed by atoms with Crippen LogP contribution in [-0.4, -0.2) is 47.5 Å². The number of rotatable bonds is 14. The lowest BCUT2D eigenvalue weighted by molar-refractivity contribution is -0.0913. The Bertz CT molecular complexity index is 2160. The normalized spacial score (nSPS) is 18.4. The summed E-state index contributed by atoms with van der Waals surface area (Å²) in [6, 6.07) is 30.1. The molecule has 1 fully saturated rings. The zero-order chi connectivity index (χ0) is 37.8. The summed E-state index contributed by atoms with van der Waals surface area (Å²) in [7, 11) is 3.21. The zero-order valence-corrected chi connectivity index (χ0v) is 33.0. The SMILES string of the molecule is COc1ccc(C(OC[C@H]2O[C@@H](n3cc(C)c(=O)[nH]c3=O)C[C@@H]2OP(O)(=S)SCc2ccc(Cl)cc2Cl)(c2ccccc2)c2ccc(OC)cc2)cc1. The largest absolute Gasteiger partial charge is 0.497 e. The molecule has 2 N–H and O–H groups in total. The van der Waals surface area contributed by atoms with Crippen LogP contribution in [0.5, 0.6) is 11.5 Å². The fourth-order valence-corrected chi connectivity index (χ4v) is 10.2. The summed E-state index contributed by atoms with van der Waals surface area (Å²) in [5, 5.41) is 0.932. The monoisotopic (exact) mass is 814 g/mol. The Balaban J connectivity index is 1.38. The summed E-state index contributed by atoms with van der Waals surface area (Å²) in [6.45, 7) is 1.54. The molecule has 2 heterocycles. The Morgan fingerprint density at radius 3 is 2.13 bits per heavy atom. The predicted molar refractivity (Wildman–Crippen MR) is 212 cm³/mol. The van der Waals surface area contributed by atoms with Gasteiger partial charge in [0.2, 0.25) is 5.69 Å². The Morgan fingerprint density at radius 2 is 1.55 bits per heavy atom. The molecule has 278 valence electrons. The van der Waals surface area contributed by atoms with Crippen molar-refractivity contribution in [1.82, 2.24) is 9.55 Å². The molecule has 6 rings (SSSR count). The van der Waals surface area contributed by atoms with Gasteiger partial charge in [0.05, 0.1) is 26.9 Å². The van der Waals surface area contributed by atoms with Crippen molar-refractivity contribution in [2.45, 2.75) is 43.1 Å².